The Balaban J connectivity index is 1.71. The minimum Gasteiger partial charge on any atom is -0.379 e. The minimum atomic E-state index is -4.32. The number of hydrogen-bond donors (Lipinski definition) is 2. The van der Waals surface area contributed by atoms with Crippen LogP contribution in [0.4, 0.5) is 13.2 Å². The highest BCUT2D eigenvalue weighted by Crippen LogP contribution is 2.31. The van der Waals surface area contributed by atoms with Gasteiger partial charge in [-0.3, -0.25) is 10.00 Å². The molecule has 0 bridgehead atoms. The molecule has 0 saturated carbocycles. The summed E-state index contributed by atoms with van der Waals surface area (Å²) in [6.07, 6.45) is -2.53. The highest BCUT2D eigenvalue weighted by atomic mass is 19.4. The van der Waals surface area contributed by atoms with Gasteiger partial charge in [0.15, 0.2) is 0 Å². The summed E-state index contributed by atoms with van der Waals surface area (Å²) in [6.45, 7) is 6.05. The first kappa shape index (κ1) is 18.9. The summed E-state index contributed by atoms with van der Waals surface area (Å²) >= 11 is 0. The first-order valence-electron chi connectivity index (χ1n) is 8.63. The summed E-state index contributed by atoms with van der Waals surface area (Å²) in [5, 5.41) is 10.3. The van der Waals surface area contributed by atoms with Gasteiger partial charge in [0.05, 0.1) is 25.0 Å². The van der Waals surface area contributed by atoms with Crippen LogP contribution in [0.1, 0.15) is 28.4 Å². The molecule has 0 amide bonds. The van der Waals surface area contributed by atoms with Crippen molar-refractivity contribution in [3.05, 3.63) is 52.8 Å². The molecule has 2 aromatic rings. The molecule has 0 aliphatic carbocycles. The number of alkyl halides is 3. The van der Waals surface area contributed by atoms with Gasteiger partial charge in [0, 0.05) is 43.5 Å². The largest absolute Gasteiger partial charge is 0.416 e. The van der Waals surface area contributed by atoms with E-state index in [0.29, 0.717) is 26.3 Å². The maximum Gasteiger partial charge on any atom is 0.416 e. The lowest BCUT2D eigenvalue weighted by molar-refractivity contribution is -0.137. The van der Waals surface area contributed by atoms with E-state index in [1.807, 2.05) is 6.92 Å². The summed E-state index contributed by atoms with van der Waals surface area (Å²) in [4.78, 5) is 2.25. The lowest BCUT2D eigenvalue weighted by Gasteiger charge is -2.35. The zero-order valence-corrected chi connectivity index (χ0v) is 14.6. The number of benzene rings is 1. The second-order valence-electron chi connectivity index (χ2n) is 6.44. The molecule has 1 aromatic heterocycles. The molecule has 8 heteroatoms. The Labute approximate surface area is 150 Å². The van der Waals surface area contributed by atoms with Crippen molar-refractivity contribution in [1.29, 1.82) is 0 Å². The van der Waals surface area contributed by atoms with Crippen molar-refractivity contribution in [3.63, 3.8) is 0 Å². The van der Waals surface area contributed by atoms with Crippen LogP contribution in [0.15, 0.2) is 30.5 Å². The molecule has 2 N–H and O–H groups in total. The maximum atomic E-state index is 12.8. The Bertz CT molecular complexity index is 693. The minimum absolute atomic E-state index is 0.00612. The van der Waals surface area contributed by atoms with Crippen molar-refractivity contribution in [2.24, 2.45) is 0 Å². The molecule has 1 aromatic carbocycles. The van der Waals surface area contributed by atoms with Crippen molar-refractivity contribution in [2.75, 3.05) is 32.8 Å². The summed E-state index contributed by atoms with van der Waals surface area (Å²) in [6, 6.07) is 5.46. The van der Waals surface area contributed by atoms with Crippen molar-refractivity contribution < 1.29 is 17.9 Å². The van der Waals surface area contributed by atoms with Crippen LogP contribution >= 0.6 is 0 Å². The summed E-state index contributed by atoms with van der Waals surface area (Å²) < 4.78 is 43.9. The van der Waals surface area contributed by atoms with Crippen molar-refractivity contribution in [1.82, 2.24) is 20.4 Å². The maximum absolute atomic E-state index is 12.8. The van der Waals surface area contributed by atoms with Crippen molar-refractivity contribution in [2.45, 2.75) is 25.7 Å². The Morgan fingerprint density at radius 2 is 1.92 bits per heavy atom. The van der Waals surface area contributed by atoms with Crippen molar-refractivity contribution >= 4 is 0 Å². The van der Waals surface area contributed by atoms with Crippen LogP contribution in [0.25, 0.3) is 0 Å². The number of nitrogens with one attached hydrogen (secondary N) is 2. The van der Waals surface area contributed by atoms with Crippen LogP contribution in [-0.4, -0.2) is 47.9 Å². The van der Waals surface area contributed by atoms with Crippen LogP contribution < -0.4 is 5.32 Å². The van der Waals surface area contributed by atoms with Gasteiger partial charge in [0.25, 0.3) is 0 Å². The molecular formula is C18H23F3N4O. The second kappa shape index (κ2) is 8.20. The monoisotopic (exact) mass is 368 g/mol. The molecule has 1 atom stereocenters. The Morgan fingerprint density at radius 3 is 2.50 bits per heavy atom. The van der Waals surface area contributed by atoms with E-state index in [1.165, 1.54) is 0 Å². The number of aromatic nitrogens is 2. The zero-order valence-electron chi connectivity index (χ0n) is 14.6. The van der Waals surface area contributed by atoms with Crippen molar-refractivity contribution in [3.8, 4) is 0 Å². The number of ether oxygens (including phenoxy) is 1. The molecule has 142 valence electrons. The van der Waals surface area contributed by atoms with Gasteiger partial charge >= 0.3 is 6.18 Å². The highest BCUT2D eigenvalue weighted by Gasteiger charge is 2.31. The van der Waals surface area contributed by atoms with Gasteiger partial charge in [0.2, 0.25) is 0 Å². The van der Waals surface area contributed by atoms with Gasteiger partial charge < -0.3 is 10.1 Å². The third-order valence-electron chi connectivity index (χ3n) is 4.70. The predicted octanol–water partition coefficient (Wildman–Crippen LogP) is 2.90. The number of hydrogen-bond acceptors (Lipinski definition) is 4. The third-order valence-corrected chi connectivity index (χ3v) is 4.70. The summed E-state index contributed by atoms with van der Waals surface area (Å²) in [5.41, 5.74) is 2.34. The molecule has 1 unspecified atom stereocenters. The van der Waals surface area contributed by atoms with Crippen LogP contribution in [0, 0.1) is 6.92 Å². The van der Waals surface area contributed by atoms with E-state index < -0.39 is 11.7 Å². The lowest BCUT2D eigenvalue weighted by atomic mass is 10.0. The van der Waals surface area contributed by atoms with Gasteiger partial charge in [0.1, 0.15) is 0 Å². The van der Waals surface area contributed by atoms with E-state index in [4.69, 9.17) is 4.74 Å². The van der Waals surface area contributed by atoms with Gasteiger partial charge in [-0.25, -0.2) is 0 Å². The first-order valence-corrected chi connectivity index (χ1v) is 8.63. The van der Waals surface area contributed by atoms with Gasteiger partial charge in [-0.15, -0.1) is 0 Å². The van der Waals surface area contributed by atoms with E-state index in [-0.39, 0.29) is 6.04 Å². The highest BCUT2D eigenvalue weighted by molar-refractivity contribution is 5.27. The summed E-state index contributed by atoms with van der Waals surface area (Å²) in [7, 11) is 0. The number of aromatic amines is 1. The van der Waals surface area contributed by atoms with E-state index in [2.05, 4.69) is 20.4 Å². The van der Waals surface area contributed by atoms with E-state index >= 15 is 0 Å². The molecular weight excluding hydrogens is 345 g/mol. The number of H-pyrrole nitrogens is 1. The number of rotatable bonds is 6. The Hall–Kier alpha value is -1.90. The molecule has 0 radical (unpaired) electrons. The zero-order chi connectivity index (χ0) is 18.6. The van der Waals surface area contributed by atoms with E-state index in [1.54, 1.807) is 18.3 Å². The summed E-state index contributed by atoms with van der Waals surface area (Å²) in [5.74, 6) is 0. The Kier molecular flexibility index (Phi) is 5.95. The molecule has 0 spiro atoms. The normalized spacial score (nSPS) is 17.4. The molecule has 3 rings (SSSR count). The van der Waals surface area contributed by atoms with Crippen LogP contribution in [-0.2, 0) is 17.5 Å². The first-order chi connectivity index (χ1) is 12.4. The van der Waals surface area contributed by atoms with Gasteiger partial charge in [-0.05, 0) is 24.6 Å². The quantitative estimate of drug-likeness (QED) is 0.823. The van der Waals surface area contributed by atoms with E-state index in [0.717, 1.165) is 42.0 Å². The predicted molar refractivity (Wildman–Crippen MR) is 91.6 cm³/mol. The van der Waals surface area contributed by atoms with Crippen LogP contribution in [0.3, 0.4) is 0 Å². The molecule has 26 heavy (non-hydrogen) atoms. The topological polar surface area (TPSA) is 53.2 Å². The third kappa shape index (κ3) is 4.63. The smallest absolute Gasteiger partial charge is 0.379 e. The fourth-order valence-electron chi connectivity index (χ4n) is 3.14. The van der Waals surface area contributed by atoms with Crippen LogP contribution in [0.5, 0.6) is 0 Å². The molecule has 1 aliphatic rings. The molecule has 1 saturated heterocycles. The number of aryl methyl sites for hydroxylation is 1. The lowest BCUT2D eigenvalue weighted by Crippen LogP contribution is -2.42. The van der Waals surface area contributed by atoms with E-state index in [9.17, 15) is 13.2 Å². The number of halogens is 3. The molecule has 5 nitrogen and oxygen atoms in total. The number of nitrogens with zero attached hydrogens (tertiary/aromatic N) is 2. The fraction of sp³-hybridized carbons (Fsp3) is 0.500. The molecule has 1 aliphatic heterocycles. The van der Waals surface area contributed by atoms with Gasteiger partial charge in [-0.2, -0.15) is 18.3 Å². The SMILES string of the molecule is Cc1[nH]ncc1CNCC(c1ccc(C(F)(F)F)cc1)N1CCOCC1. The average molecular weight is 368 g/mol. The average Bonchev–Trinajstić information content (AvgIpc) is 3.04. The Morgan fingerprint density at radius 1 is 1.23 bits per heavy atom. The second-order valence-corrected chi connectivity index (χ2v) is 6.44. The van der Waals surface area contributed by atoms with Gasteiger partial charge in [-0.1, -0.05) is 12.1 Å². The standard InChI is InChI=1S/C18H23F3N4O/c1-13-15(11-23-24-13)10-22-12-17(25-6-8-26-9-7-25)14-2-4-16(5-3-14)18(19,20)21/h2-5,11,17,22H,6-10,12H2,1H3,(H,23,24). The van der Waals surface area contributed by atoms with Crippen LogP contribution in [0.2, 0.25) is 0 Å². The number of morpholine rings is 1. The molecule has 1 fully saturated rings. The fourth-order valence-corrected chi connectivity index (χ4v) is 3.14. The molecule has 2 heterocycles.